The number of carbonyl (C=O) groups excluding carboxylic acids is 1. The SMILES string of the molecule is COC(=O)C(C1CC1)S(=O)c1ccc2c(c1)OCCO2. The van der Waals surface area contributed by atoms with E-state index in [0.29, 0.717) is 29.6 Å². The molecule has 1 saturated carbocycles. The van der Waals surface area contributed by atoms with Gasteiger partial charge in [-0.2, -0.15) is 0 Å². The number of fused-ring (bicyclic) bond motifs is 1. The van der Waals surface area contributed by atoms with Crippen molar-refractivity contribution in [1.29, 1.82) is 0 Å². The van der Waals surface area contributed by atoms with E-state index in [2.05, 4.69) is 0 Å². The number of esters is 1. The van der Waals surface area contributed by atoms with Crippen molar-refractivity contribution < 1.29 is 23.2 Å². The first kappa shape index (κ1) is 13.4. The summed E-state index contributed by atoms with van der Waals surface area (Å²) in [6.07, 6.45) is 1.85. The molecule has 0 amide bonds. The molecular formula is C14H16O5S. The summed E-state index contributed by atoms with van der Waals surface area (Å²) in [5.74, 6) is 0.997. The average Bonchev–Trinajstić information content (AvgIpc) is 3.31. The molecule has 2 unspecified atom stereocenters. The molecule has 0 saturated heterocycles. The molecule has 1 aromatic carbocycles. The van der Waals surface area contributed by atoms with Gasteiger partial charge < -0.3 is 14.2 Å². The van der Waals surface area contributed by atoms with Gasteiger partial charge in [0.1, 0.15) is 18.5 Å². The first-order valence-corrected chi connectivity index (χ1v) is 7.80. The molecule has 1 fully saturated rings. The highest BCUT2D eigenvalue weighted by atomic mass is 32.2. The van der Waals surface area contributed by atoms with Gasteiger partial charge in [0.25, 0.3) is 0 Å². The van der Waals surface area contributed by atoms with Crippen molar-refractivity contribution in [1.82, 2.24) is 0 Å². The number of methoxy groups -OCH3 is 1. The van der Waals surface area contributed by atoms with Crippen LogP contribution in [0.1, 0.15) is 12.8 Å². The van der Waals surface area contributed by atoms with Crippen LogP contribution in [0.3, 0.4) is 0 Å². The Hall–Kier alpha value is -1.56. The fourth-order valence-electron chi connectivity index (χ4n) is 2.27. The molecule has 0 radical (unpaired) electrons. The molecule has 1 aliphatic heterocycles. The third-order valence-electron chi connectivity index (χ3n) is 3.46. The van der Waals surface area contributed by atoms with E-state index < -0.39 is 22.0 Å². The van der Waals surface area contributed by atoms with Gasteiger partial charge in [-0.15, -0.1) is 0 Å². The zero-order chi connectivity index (χ0) is 14.1. The Labute approximate surface area is 119 Å². The molecule has 1 heterocycles. The van der Waals surface area contributed by atoms with Gasteiger partial charge in [0, 0.05) is 11.0 Å². The molecule has 5 nitrogen and oxygen atoms in total. The van der Waals surface area contributed by atoms with Crippen LogP contribution in [0.5, 0.6) is 11.5 Å². The summed E-state index contributed by atoms with van der Waals surface area (Å²) in [4.78, 5) is 12.4. The van der Waals surface area contributed by atoms with Crippen molar-refractivity contribution in [3.63, 3.8) is 0 Å². The van der Waals surface area contributed by atoms with Crippen molar-refractivity contribution in [2.24, 2.45) is 5.92 Å². The van der Waals surface area contributed by atoms with Gasteiger partial charge in [-0.1, -0.05) is 0 Å². The molecule has 2 aliphatic rings. The van der Waals surface area contributed by atoms with E-state index in [9.17, 15) is 9.00 Å². The minimum absolute atomic E-state index is 0.163. The summed E-state index contributed by atoms with van der Waals surface area (Å²) in [5.41, 5.74) is 0. The van der Waals surface area contributed by atoms with E-state index in [4.69, 9.17) is 14.2 Å². The van der Waals surface area contributed by atoms with E-state index in [-0.39, 0.29) is 5.92 Å². The smallest absolute Gasteiger partial charge is 0.322 e. The van der Waals surface area contributed by atoms with Gasteiger partial charge in [-0.25, -0.2) is 0 Å². The summed E-state index contributed by atoms with van der Waals surface area (Å²) in [6, 6.07) is 5.16. The van der Waals surface area contributed by atoms with Crippen molar-refractivity contribution in [3.8, 4) is 11.5 Å². The van der Waals surface area contributed by atoms with Crippen molar-refractivity contribution in [2.75, 3.05) is 20.3 Å². The van der Waals surface area contributed by atoms with Gasteiger partial charge in [-0.05, 0) is 30.9 Å². The van der Waals surface area contributed by atoms with Crippen LogP contribution < -0.4 is 9.47 Å². The van der Waals surface area contributed by atoms with E-state index in [0.717, 1.165) is 12.8 Å². The highest BCUT2D eigenvalue weighted by Gasteiger charge is 2.42. The number of hydrogen-bond acceptors (Lipinski definition) is 5. The maximum atomic E-state index is 12.6. The Morgan fingerprint density at radius 2 is 2.00 bits per heavy atom. The van der Waals surface area contributed by atoms with Gasteiger partial charge in [-0.3, -0.25) is 9.00 Å². The third kappa shape index (κ3) is 2.52. The zero-order valence-electron chi connectivity index (χ0n) is 11.2. The Bertz CT molecular complexity index is 552. The van der Waals surface area contributed by atoms with E-state index >= 15 is 0 Å². The molecule has 0 aromatic heterocycles. The molecule has 0 N–H and O–H groups in total. The Morgan fingerprint density at radius 1 is 1.30 bits per heavy atom. The maximum Gasteiger partial charge on any atom is 0.322 e. The first-order valence-electron chi connectivity index (χ1n) is 6.59. The van der Waals surface area contributed by atoms with Crippen LogP contribution in [-0.2, 0) is 20.3 Å². The minimum Gasteiger partial charge on any atom is -0.486 e. The Balaban J connectivity index is 1.87. The fourth-order valence-corrected chi connectivity index (χ4v) is 3.88. The zero-order valence-corrected chi connectivity index (χ0v) is 12.0. The van der Waals surface area contributed by atoms with Crippen LogP contribution in [0.4, 0.5) is 0 Å². The largest absolute Gasteiger partial charge is 0.486 e. The summed E-state index contributed by atoms with van der Waals surface area (Å²) < 4.78 is 28.3. The summed E-state index contributed by atoms with van der Waals surface area (Å²) in [5, 5.41) is -0.581. The quantitative estimate of drug-likeness (QED) is 0.788. The third-order valence-corrected chi connectivity index (χ3v) is 5.22. The number of hydrogen-bond donors (Lipinski definition) is 0. The van der Waals surface area contributed by atoms with Gasteiger partial charge in [0.05, 0.1) is 17.9 Å². The molecule has 0 bridgehead atoms. The van der Waals surface area contributed by atoms with Crippen LogP contribution in [0.25, 0.3) is 0 Å². The van der Waals surface area contributed by atoms with E-state index in [1.54, 1.807) is 18.2 Å². The number of carbonyl (C=O) groups is 1. The molecule has 0 spiro atoms. The lowest BCUT2D eigenvalue weighted by Gasteiger charge is -2.20. The predicted molar refractivity (Wildman–Crippen MR) is 72.4 cm³/mol. The fraction of sp³-hybridized carbons (Fsp3) is 0.500. The Morgan fingerprint density at radius 3 is 2.65 bits per heavy atom. The topological polar surface area (TPSA) is 61.8 Å². The average molecular weight is 296 g/mol. The second-order valence-corrected chi connectivity index (χ2v) is 6.46. The second-order valence-electron chi connectivity index (χ2n) is 4.88. The number of rotatable bonds is 4. The van der Waals surface area contributed by atoms with Gasteiger partial charge >= 0.3 is 5.97 Å². The van der Waals surface area contributed by atoms with Crippen LogP contribution in [0.15, 0.2) is 23.1 Å². The summed E-state index contributed by atoms with van der Waals surface area (Å²) in [6.45, 7) is 0.994. The maximum absolute atomic E-state index is 12.6. The first-order chi connectivity index (χ1) is 9.70. The lowest BCUT2D eigenvalue weighted by atomic mass is 10.3. The number of benzene rings is 1. The normalized spacial score (nSPS) is 20.1. The summed E-state index contributed by atoms with van der Waals surface area (Å²) >= 11 is 0. The molecule has 3 rings (SSSR count). The second kappa shape index (κ2) is 5.44. The lowest BCUT2D eigenvalue weighted by molar-refractivity contribution is -0.140. The molecule has 1 aliphatic carbocycles. The van der Waals surface area contributed by atoms with Crippen molar-refractivity contribution >= 4 is 16.8 Å². The van der Waals surface area contributed by atoms with Crippen LogP contribution in [-0.4, -0.2) is 35.8 Å². The van der Waals surface area contributed by atoms with Gasteiger partial charge in [0.15, 0.2) is 11.5 Å². The molecule has 1 aromatic rings. The lowest BCUT2D eigenvalue weighted by Crippen LogP contribution is -2.29. The van der Waals surface area contributed by atoms with Crippen molar-refractivity contribution in [2.45, 2.75) is 23.0 Å². The molecule has 2 atom stereocenters. The molecular weight excluding hydrogens is 280 g/mol. The highest BCUT2D eigenvalue weighted by molar-refractivity contribution is 7.86. The molecule has 20 heavy (non-hydrogen) atoms. The van der Waals surface area contributed by atoms with Crippen LogP contribution >= 0.6 is 0 Å². The number of ether oxygens (including phenoxy) is 3. The molecule has 108 valence electrons. The summed E-state index contributed by atoms with van der Waals surface area (Å²) in [7, 11) is -0.0949. The molecule has 6 heteroatoms. The van der Waals surface area contributed by atoms with Crippen molar-refractivity contribution in [3.05, 3.63) is 18.2 Å². The Kier molecular flexibility index (Phi) is 3.65. The highest BCUT2D eigenvalue weighted by Crippen LogP contribution is 2.39. The monoisotopic (exact) mass is 296 g/mol. The minimum atomic E-state index is -1.43. The predicted octanol–water partition coefficient (Wildman–Crippen LogP) is 1.52. The van der Waals surface area contributed by atoms with Gasteiger partial charge in [0.2, 0.25) is 0 Å². The van der Waals surface area contributed by atoms with Crippen LogP contribution in [0.2, 0.25) is 0 Å². The van der Waals surface area contributed by atoms with E-state index in [1.807, 2.05) is 0 Å². The van der Waals surface area contributed by atoms with E-state index in [1.165, 1.54) is 7.11 Å². The van der Waals surface area contributed by atoms with Crippen LogP contribution in [0, 0.1) is 5.92 Å². The standard InChI is InChI=1S/C14H16O5S/c1-17-14(15)13(9-2-3-9)20(16)10-4-5-11-12(8-10)19-7-6-18-11/h4-5,8-9,13H,2-3,6-7H2,1H3.